The molecular formula is C28H25ClN4O4S. The molecular weight excluding hydrogens is 524 g/mol. The smallest absolute Gasteiger partial charge is 0.312 e. The average molecular weight is 549 g/mol. The lowest BCUT2D eigenvalue weighted by Gasteiger charge is -2.22. The van der Waals surface area contributed by atoms with Gasteiger partial charge in [-0.2, -0.15) is 0 Å². The van der Waals surface area contributed by atoms with Crippen molar-refractivity contribution in [2.45, 2.75) is 34.9 Å². The number of urea groups is 1. The van der Waals surface area contributed by atoms with Gasteiger partial charge in [-0.3, -0.25) is 9.59 Å². The van der Waals surface area contributed by atoms with E-state index in [1.807, 2.05) is 54.6 Å². The number of carbonyl (C=O) groups is 4. The van der Waals surface area contributed by atoms with Gasteiger partial charge in [0.1, 0.15) is 18.4 Å². The minimum atomic E-state index is -1.09. The van der Waals surface area contributed by atoms with Crippen LogP contribution in [0.5, 0.6) is 0 Å². The predicted octanol–water partition coefficient (Wildman–Crippen LogP) is 4.25. The molecule has 1 aliphatic heterocycles. The highest BCUT2D eigenvalue weighted by molar-refractivity contribution is 7.99. The van der Waals surface area contributed by atoms with Crippen LogP contribution in [0.25, 0.3) is 0 Å². The van der Waals surface area contributed by atoms with Crippen molar-refractivity contribution in [3.8, 4) is 0 Å². The Morgan fingerprint density at radius 2 is 1.82 bits per heavy atom. The molecule has 0 saturated heterocycles. The van der Waals surface area contributed by atoms with Crippen LogP contribution in [-0.2, 0) is 27.2 Å². The fraction of sp³-hybridized carbons (Fsp3) is 0.214. The molecule has 2 atom stereocenters. The topological polar surface area (TPSA) is 122 Å². The number of nitrogens with one attached hydrogen (secondary N) is 2. The van der Waals surface area contributed by atoms with Crippen LogP contribution in [0.3, 0.4) is 0 Å². The number of nitrogens with zero attached hydrogens (tertiary/aromatic N) is 1. The predicted molar refractivity (Wildman–Crippen MR) is 147 cm³/mol. The number of hydrogen-bond donors (Lipinski definition) is 3. The van der Waals surface area contributed by atoms with E-state index in [0.717, 1.165) is 21.6 Å². The van der Waals surface area contributed by atoms with E-state index in [2.05, 4.69) is 10.6 Å². The number of hydrogen-bond acceptors (Lipinski definition) is 5. The Balaban J connectivity index is 1.32. The van der Waals surface area contributed by atoms with E-state index in [9.17, 15) is 19.2 Å². The normalized spacial score (nSPS) is 20.2. The van der Waals surface area contributed by atoms with Crippen molar-refractivity contribution < 1.29 is 19.2 Å². The average Bonchev–Trinajstić information content (AvgIpc) is 3.18. The minimum absolute atomic E-state index is 0.113. The number of rotatable bonds is 6. The van der Waals surface area contributed by atoms with Crippen molar-refractivity contribution in [3.05, 3.63) is 88.4 Å². The second kappa shape index (κ2) is 10.5. The van der Waals surface area contributed by atoms with Crippen LogP contribution >= 0.6 is 23.4 Å². The second-order valence-corrected chi connectivity index (χ2v) is 11.1. The molecule has 38 heavy (non-hydrogen) atoms. The molecule has 4 amide bonds. The van der Waals surface area contributed by atoms with E-state index in [1.54, 1.807) is 23.9 Å². The Morgan fingerprint density at radius 3 is 2.55 bits per heavy atom. The van der Waals surface area contributed by atoms with Gasteiger partial charge in [-0.15, -0.1) is 11.8 Å². The first-order valence-electron chi connectivity index (χ1n) is 12.0. The highest BCUT2D eigenvalue weighted by Gasteiger charge is 2.38. The van der Waals surface area contributed by atoms with Gasteiger partial charge in [-0.05, 0) is 53.1 Å². The van der Waals surface area contributed by atoms with Crippen LogP contribution in [0.15, 0.2) is 71.6 Å². The van der Waals surface area contributed by atoms with Gasteiger partial charge in [0.2, 0.25) is 11.8 Å². The van der Waals surface area contributed by atoms with Gasteiger partial charge in [0.15, 0.2) is 0 Å². The molecule has 10 heteroatoms. The van der Waals surface area contributed by atoms with E-state index >= 15 is 0 Å². The summed E-state index contributed by atoms with van der Waals surface area (Å²) in [5, 5.41) is 5.92. The van der Waals surface area contributed by atoms with E-state index in [1.165, 1.54) is 4.90 Å². The van der Waals surface area contributed by atoms with Gasteiger partial charge >= 0.3 is 6.03 Å². The third-order valence-corrected chi connectivity index (χ3v) is 8.30. The van der Waals surface area contributed by atoms with Gasteiger partial charge in [-0.25, -0.2) is 4.79 Å². The van der Waals surface area contributed by atoms with Crippen LogP contribution in [0.1, 0.15) is 28.4 Å². The summed E-state index contributed by atoms with van der Waals surface area (Å²) in [5.74, 6) is -0.502. The van der Waals surface area contributed by atoms with E-state index in [-0.39, 0.29) is 36.5 Å². The number of primary amides is 1. The second-order valence-electron chi connectivity index (χ2n) is 9.46. The largest absolute Gasteiger partial charge is 0.352 e. The third-order valence-electron chi connectivity index (χ3n) is 6.73. The number of amides is 4. The molecule has 0 spiro atoms. The zero-order valence-electron chi connectivity index (χ0n) is 20.3. The molecule has 194 valence electrons. The maximum absolute atomic E-state index is 13.4. The molecule has 3 aromatic rings. The lowest BCUT2D eigenvalue weighted by Crippen LogP contribution is -2.52. The highest BCUT2D eigenvalue weighted by Crippen LogP contribution is 2.45. The summed E-state index contributed by atoms with van der Waals surface area (Å²) < 4.78 is 0. The van der Waals surface area contributed by atoms with Crippen molar-refractivity contribution in [1.29, 1.82) is 0 Å². The molecule has 4 N–H and O–H groups in total. The standard InChI is InChI=1S/C28H25ClN4O4S/c29-20-8-5-17(6-9-20)24-12-26(36)33(22-3-1-2-4-23(22)38-24)15-25(35)31-21-10-7-18-13-28(16-34,32-27(30)37)14-19(18)11-21/h1-11,16,24H,12-15H2,(H,31,35)(H3,30,32,37). The van der Waals surface area contributed by atoms with Gasteiger partial charge in [-0.1, -0.05) is 41.9 Å². The van der Waals surface area contributed by atoms with Crippen LogP contribution < -0.4 is 21.3 Å². The lowest BCUT2D eigenvalue weighted by atomic mass is 9.98. The summed E-state index contributed by atoms with van der Waals surface area (Å²) >= 11 is 7.64. The van der Waals surface area contributed by atoms with E-state index in [4.69, 9.17) is 17.3 Å². The van der Waals surface area contributed by atoms with Crippen LogP contribution in [-0.4, -0.2) is 36.2 Å². The lowest BCUT2D eigenvalue weighted by molar-refractivity contribution is -0.121. The SMILES string of the molecule is NC(=O)NC1(C=O)Cc2ccc(NC(=O)CN3C(=O)CC(c4ccc(Cl)cc4)Sc4ccccc43)cc2C1. The number of nitrogens with two attached hydrogens (primary N) is 1. The quantitative estimate of drug-likeness (QED) is 0.397. The molecule has 1 aliphatic carbocycles. The zero-order chi connectivity index (χ0) is 26.9. The Morgan fingerprint density at radius 1 is 1.08 bits per heavy atom. The molecule has 8 nitrogen and oxygen atoms in total. The fourth-order valence-corrected chi connectivity index (χ4v) is 6.40. The molecule has 0 fully saturated rings. The van der Waals surface area contributed by atoms with Crippen LogP contribution in [0, 0.1) is 0 Å². The number of fused-ring (bicyclic) bond motifs is 2. The maximum Gasteiger partial charge on any atom is 0.312 e. The minimum Gasteiger partial charge on any atom is -0.352 e. The third kappa shape index (κ3) is 5.39. The van der Waals surface area contributed by atoms with Gasteiger partial charge in [0.05, 0.1) is 5.69 Å². The highest BCUT2D eigenvalue weighted by atomic mass is 35.5. The summed E-state index contributed by atoms with van der Waals surface area (Å²) in [7, 11) is 0. The molecule has 0 saturated carbocycles. The first-order chi connectivity index (χ1) is 18.2. The van der Waals surface area contributed by atoms with Crippen molar-refractivity contribution in [2.75, 3.05) is 16.8 Å². The first-order valence-corrected chi connectivity index (χ1v) is 13.3. The Bertz CT molecular complexity index is 1430. The number of para-hydroxylation sites is 1. The molecule has 0 bridgehead atoms. The number of carbonyl (C=O) groups excluding carboxylic acids is 4. The summed E-state index contributed by atoms with van der Waals surface area (Å²) in [4.78, 5) is 52.0. The van der Waals surface area contributed by atoms with Gasteiger partial charge in [0.25, 0.3) is 0 Å². The summed E-state index contributed by atoms with van der Waals surface area (Å²) in [6.07, 6.45) is 1.54. The Labute approximate surface area is 228 Å². The van der Waals surface area contributed by atoms with E-state index in [0.29, 0.717) is 29.1 Å². The van der Waals surface area contributed by atoms with Gasteiger partial charge in [0, 0.05) is 40.1 Å². The van der Waals surface area contributed by atoms with Crippen LogP contribution in [0.4, 0.5) is 16.2 Å². The van der Waals surface area contributed by atoms with Crippen molar-refractivity contribution in [3.63, 3.8) is 0 Å². The van der Waals surface area contributed by atoms with Crippen molar-refractivity contribution in [2.24, 2.45) is 5.73 Å². The Kier molecular flexibility index (Phi) is 7.14. The summed E-state index contributed by atoms with van der Waals surface area (Å²) in [6.45, 7) is -0.150. The number of aldehydes is 1. The maximum atomic E-state index is 13.4. The molecule has 0 aromatic heterocycles. The monoisotopic (exact) mass is 548 g/mol. The molecule has 1 heterocycles. The fourth-order valence-electron chi connectivity index (χ4n) is 4.99. The Hall–Kier alpha value is -3.82. The molecule has 5 rings (SSSR count). The van der Waals surface area contributed by atoms with Gasteiger partial charge < -0.3 is 26.1 Å². The molecule has 2 aliphatic rings. The number of halogens is 1. The molecule has 0 radical (unpaired) electrons. The number of benzene rings is 3. The first kappa shape index (κ1) is 25.8. The summed E-state index contributed by atoms with van der Waals surface area (Å²) in [6, 6.07) is 19.6. The summed E-state index contributed by atoms with van der Waals surface area (Å²) in [5.41, 5.74) is 8.12. The molecule has 3 aromatic carbocycles. The van der Waals surface area contributed by atoms with E-state index < -0.39 is 11.6 Å². The number of anilines is 2. The van der Waals surface area contributed by atoms with Crippen molar-refractivity contribution in [1.82, 2.24) is 5.32 Å². The van der Waals surface area contributed by atoms with Crippen molar-refractivity contribution >= 4 is 58.9 Å². The zero-order valence-corrected chi connectivity index (χ0v) is 21.9. The molecule has 2 unspecified atom stereocenters. The van der Waals surface area contributed by atoms with Crippen LogP contribution in [0.2, 0.25) is 5.02 Å². The number of thioether (sulfide) groups is 1.